The van der Waals surface area contributed by atoms with Crippen molar-refractivity contribution in [1.82, 2.24) is 10.4 Å². The van der Waals surface area contributed by atoms with E-state index in [9.17, 15) is 19.6 Å². The summed E-state index contributed by atoms with van der Waals surface area (Å²) in [5.74, 6) is -1.96. The first-order valence-electron chi connectivity index (χ1n) is 8.02. The van der Waals surface area contributed by atoms with Gasteiger partial charge in [0.2, 0.25) is 12.3 Å². The molecule has 0 fully saturated rings. The summed E-state index contributed by atoms with van der Waals surface area (Å²) in [5.41, 5.74) is 2.75. The van der Waals surface area contributed by atoms with Crippen LogP contribution in [0.3, 0.4) is 0 Å². The molecule has 0 aliphatic rings. The van der Waals surface area contributed by atoms with Gasteiger partial charge in [-0.3, -0.25) is 19.6 Å². The molecule has 136 valence electrons. The van der Waals surface area contributed by atoms with Crippen LogP contribution in [0.25, 0.3) is 11.1 Å². The van der Waals surface area contributed by atoms with Gasteiger partial charge in [0, 0.05) is 6.42 Å². The molecule has 2 atom stereocenters. The first kappa shape index (κ1) is 19.1. The Morgan fingerprint density at radius 2 is 1.65 bits per heavy atom. The number of carboxylic acids is 1. The summed E-state index contributed by atoms with van der Waals surface area (Å²) in [6.45, 7) is 1.30. The van der Waals surface area contributed by atoms with E-state index in [1.165, 1.54) is 6.92 Å². The van der Waals surface area contributed by atoms with Crippen LogP contribution >= 0.6 is 0 Å². The Kier molecular flexibility index (Phi) is 6.46. The number of benzene rings is 2. The Morgan fingerprint density at radius 1 is 1.08 bits per heavy atom. The smallest absolute Gasteiger partial charge is 0.325 e. The summed E-state index contributed by atoms with van der Waals surface area (Å²) in [7, 11) is 0. The summed E-state index contributed by atoms with van der Waals surface area (Å²) in [5, 5.41) is 21.1. The van der Waals surface area contributed by atoms with E-state index in [1.807, 2.05) is 42.5 Å². The summed E-state index contributed by atoms with van der Waals surface area (Å²) in [4.78, 5) is 34.0. The molecule has 3 N–H and O–H groups in total. The second kappa shape index (κ2) is 8.77. The largest absolute Gasteiger partial charge is 0.480 e. The number of amides is 2. The molecule has 2 amide bonds. The van der Waals surface area contributed by atoms with E-state index >= 15 is 0 Å². The molecule has 0 spiro atoms. The number of hydrogen-bond donors (Lipinski definition) is 3. The molecule has 7 heteroatoms. The molecule has 0 heterocycles. The van der Waals surface area contributed by atoms with Gasteiger partial charge in [0.1, 0.15) is 12.1 Å². The minimum absolute atomic E-state index is 0.0441. The van der Waals surface area contributed by atoms with Crippen LogP contribution in [-0.4, -0.2) is 45.7 Å². The van der Waals surface area contributed by atoms with Crippen LogP contribution in [0.2, 0.25) is 0 Å². The molecular formula is C19H20N2O5. The highest BCUT2D eigenvalue weighted by atomic mass is 16.5. The topological polar surface area (TPSA) is 107 Å². The summed E-state index contributed by atoms with van der Waals surface area (Å²) >= 11 is 0. The molecule has 0 saturated carbocycles. The molecular weight excluding hydrogens is 336 g/mol. The highest BCUT2D eigenvalue weighted by Gasteiger charge is 2.27. The normalized spacial score (nSPS) is 12.7. The lowest BCUT2D eigenvalue weighted by atomic mass is 10.00. The van der Waals surface area contributed by atoms with Crippen LogP contribution < -0.4 is 5.32 Å². The average Bonchev–Trinajstić information content (AvgIpc) is 2.66. The number of nitrogens with zero attached hydrogens (tertiary/aromatic N) is 1. The molecule has 2 rings (SSSR count). The highest BCUT2D eigenvalue weighted by Crippen LogP contribution is 2.20. The van der Waals surface area contributed by atoms with Crippen molar-refractivity contribution < 1.29 is 24.7 Å². The van der Waals surface area contributed by atoms with E-state index in [2.05, 4.69) is 5.32 Å². The molecule has 0 aromatic heterocycles. The fourth-order valence-electron chi connectivity index (χ4n) is 2.44. The first-order chi connectivity index (χ1) is 12.4. The van der Waals surface area contributed by atoms with Gasteiger partial charge in [0.05, 0.1) is 0 Å². The zero-order valence-electron chi connectivity index (χ0n) is 14.2. The van der Waals surface area contributed by atoms with E-state index in [0.717, 1.165) is 11.1 Å². The molecule has 0 radical (unpaired) electrons. The summed E-state index contributed by atoms with van der Waals surface area (Å²) in [6.07, 6.45) is 0.163. The summed E-state index contributed by atoms with van der Waals surface area (Å²) in [6, 6.07) is 14.7. The van der Waals surface area contributed by atoms with Crippen molar-refractivity contribution in [2.24, 2.45) is 0 Å². The standard InChI is InChI=1S/C19H20N2O5/c1-13(19(24)25)20-18(23)17(21(26)12-22)11-14-7-9-16(10-8-14)15-5-3-2-4-6-15/h2-10,12-13,17,26H,11H2,1H3,(H,20,23)(H,24,25)/t13-,17+/m0/s1. The third kappa shape index (κ3) is 4.90. The van der Waals surface area contributed by atoms with Crippen molar-refractivity contribution in [2.75, 3.05) is 0 Å². The molecule has 0 bridgehead atoms. The van der Waals surface area contributed by atoms with Crippen molar-refractivity contribution in [3.05, 3.63) is 60.2 Å². The lowest BCUT2D eigenvalue weighted by Gasteiger charge is -2.23. The lowest BCUT2D eigenvalue weighted by Crippen LogP contribution is -2.50. The van der Waals surface area contributed by atoms with Crippen LogP contribution in [0.1, 0.15) is 12.5 Å². The number of rotatable bonds is 8. The maximum absolute atomic E-state index is 12.2. The van der Waals surface area contributed by atoms with Gasteiger partial charge in [-0.15, -0.1) is 0 Å². The van der Waals surface area contributed by atoms with E-state index in [4.69, 9.17) is 5.11 Å². The van der Waals surface area contributed by atoms with E-state index in [-0.39, 0.29) is 17.9 Å². The highest BCUT2D eigenvalue weighted by molar-refractivity contribution is 5.87. The predicted octanol–water partition coefficient (Wildman–Crippen LogP) is 1.70. The van der Waals surface area contributed by atoms with Crippen molar-refractivity contribution in [3.63, 3.8) is 0 Å². The van der Waals surface area contributed by atoms with Gasteiger partial charge < -0.3 is 10.4 Å². The molecule has 0 aliphatic heterocycles. The Bertz CT molecular complexity index is 761. The molecule has 0 aliphatic carbocycles. The quantitative estimate of drug-likeness (QED) is 0.379. The number of nitrogens with one attached hydrogen (secondary N) is 1. The molecule has 0 saturated heterocycles. The van der Waals surface area contributed by atoms with Gasteiger partial charge in [-0.1, -0.05) is 54.6 Å². The third-order valence-corrected chi connectivity index (χ3v) is 3.95. The Labute approximate surface area is 150 Å². The van der Waals surface area contributed by atoms with Crippen molar-refractivity contribution in [1.29, 1.82) is 0 Å². The molecule has 26 heavy (non-hydrogen) atoms. The van der Waals surface area contributed by atoms with Crippen molar-refractivity contribution in [2.45, 2.75) is 25.4 Å². The fourth-order valence-corrected chi connectivity index (χ4v) is 2.44. The van der Waals surface area contributed by atoms with Crippen LogP contribution in [0.15, 0.2) is 54.6 Å². The van der Waals surface area contributed by atoms with E-state index in [0.29, 0.717) is 5.56 Å². The van der Waals surface area contributed by atoms with Gasteiger partial charge in [-0.05, 0) is 23.6 Å². The number of carbonyl (C=O) groups is 3. The number of hydrogen-bond acceptors (Lipinski definition) is 4. The Balaban J connectivity index is 2.14. The number of aliphatic carboxylic acids is 1. The Hall–Kier alpha value is -3.19. The van der Waals surface area contributed by atoms with Gasteiger partial charge in [-0.2, -0.15) is 0 Å². The van der Waals surface area contributed by atoms with Crippen LogP contribution in [0.5, 0.6) is 0 Å². The maximum Gasteiger partial charge on any atom is 0.325 e. The molecule has 2 aromatic rings. The van der Waals surface area contributed by atoms with Crippen LogP contribution in [0, 0.1) is 0 Å². The van der Waals surface area contributed by atoms with Gasteiger partial charge in [0.15, 0.2) is 0 Å². The predicted molar refractivity (Wildman–Crippen MR) is 94.3 cm³/mol. The number of hydroxylamine groups is 2. The van der Waals surface area contributed by atoms with Crippen LogP contribution in [-0.2, 0) is 20.8 Å². The number of carbonyl (C=O) groups excluding carboxylic acids is 2. The molecule has 7 nitrogen and oxygen atoms in total. The zero-order chi connectivity index (χ0) is 19.1. The molecule has 2 aromatic carbocycles. The second-order valence-electron chi connectivity index (χ2n) is 5.84. The Morgan fingerprint density at radius 3 is 2.19 bits per heavy atom. The maximum atomic E-state index is 12.2. The monoisotopic (exact) mass is 356 g/mol. The van der Waals surface area contributed by atoms with Gasteiger partial charge in [0.25, 0.3) is 0 Å². The lowest BCUT2D eigenvalue weighted by molar-refractivity contribution is -0.167. The van der Waals surface area contributed by atoms with Gasteiger partial charge in [-0.25, -0.2) is 5.06 Å². The van der Waals surface area contributed by atoms with Crippen molar-refractivity contribution in [3.8, 4) is 11.1 Å². The molecule has 0 unspecified atom stereocenters. The average molecular weight is 356 g/mol. The third-order valence-electron chi connectivity index (χ3n) is 3.95. The minimum atomic E-state index is -1.23. The SMILES string of the molecule is C[C@H](NC(=O)[C@@H](Cc1ccc(-c2ccccc2)cc1)N(O)C=O)C(=O)O. The summed E-state index contributed by atoms with van der Waals surface area (Å²) < 4.78 is 0. The minimum Gasteiger partial charge on any atom is -0.480 e. The van der Waals surface area contributed by atoms with E-state index < -0.39 is 24.0 Å². The first-order valence-corrected chi connectivity index (χ1v) is 8.02. The second-order valence-corrected chi connectivity index (χ2v) is 5.84. The fraction of sp³-hybridized carbons (Fsp3) is 0.211. The van der Waals surface area contributed by atoms with Crippen LogP contribution in [0.4, 0.5) is 0 Å². The van der Waals surface area contributed by atoms with E-state index in [1.54, 1.807) is 12.1 Å². The zero-order valence-corrected chi connectivity index (χ0v) is 14.2. The van der Waals surface area contributed by atoms with Crippen molar-refractivity contribution >= 4 is 18.3 Å². The number of carboxylic acid groups (broad SMARTS) is 1. The van der Waals surface area contributed by atoms with Gasteiger partial charge >= 0.3 is 5.97 Å².